The molecule has 8 nitrogen and oxygen atoms in total. The summed E-state index contributed by atoms with van der Waals surface area (Å²) in [4.78, 5) is 22.7. The lowest BCUT2D eigenvalue weighted by atomic mass is 10.1. The highest BCUT2D eigenvalue weighted by Crippen LogP contribution is 2.20. The Hall–Kier alpha value is -3.33. The first-order valence-electron chi connectivity index (χ1n) is 8.55. The first-order chi connectivity index (χ1) is 13.5. The molecule has 1 heterocycles. The minimum Gasteiger partial charge on any atom is -0.493 e. The number of para-hydroxylation sites is 1. The Kier molecular flexibility index (Phi) is 6.28. The number of benzene rings is 2. The number of aromatic nitrogens is 2. The van der Waals surface area contributed by atoms with E-state index in [0.29, 0.717) is 23.7 Å². The number of ether oxygens (including phenoxy) is 1. The maximum Gasteiger partial charge on any atom is 0.273 e. The minimum atomic E-state index is -0.500. The second-order valence-electron chi connectivity index (χ2n) is 6.03. The van der Waals surface area contributed by atoms with E-state index in [9.17, 15) is 14.9 Å². The Morgan fingerprint density at radius 1 is 1.21 bits per heavy atom. The number of nitrogens with one attached hydrogen (secondary N) is 1. The fraction of sp³-hybridized carbons (Fsp3) is 0.211. The molecule has 1 aromatic heterocycles. The summed E-state index contributed by atoms with van der Waals surface area (Å²) in [5.41, 5.74) is 1.39. The van der Waals surface area contributed by atoms with Gasteiger partial charge in [-0.25, -0.2) is 0 Å². The summed E-state index contributed by atoms with van der Waals surface area (Å²) in [6.45, 7) is 2.44. The number of nitrogens with zero attached hydrogens (tertiary/aromatic N) is 3. The molecule has 0 aliphatic heterocycles. The fourth-order valence-electron chi connectivity index (χ4n) is 2.54. The van der Waals surface area contributed by atoms with Gasteiger partial charge in [-0.3, -0.25) is 14.9 Å². The van der Waals surface area contributed by atoms with Crippen LogP contribution in [0.3, 0.4) is 0 Å². The number of rotatable bonds is 8. The monoisotopic (exact) mass is 398 g/mol. The van der Waals surface area contributed by atoms with Crippen LogP contribution in [0.1, 0.15) is 16.1 Å². The number of amides is 1. The van der Waals surface area contributed by atoms with E-state index in [4.69, 9.17) is 4.74 Å². The van der Waals surface area contributed by atoms with Crippen LogP contribution in [0.15, 0.2) is 48.5 Å². The molecule has 0 fully saturated rings. The second kappa shape index (κ2) is 9.05. The van der Waals surface area contributed by atoms with E-state index in [2.05, 4.69) is 15.5 Å². The Bertz CT molecular complexity index is 989. The number of aryl methyl sites for hydroxylation is 1. The zero-order valence-corrected chi connectivity index (χ0v) is 15.9. The summed E-state index contributed by atoms with van der Waals surface area (Å²) >= 11 is 1.25. The smallest absolute Gasteiger partial charge is 0.273 e. The normalized spacial score (nSPS) is 10.5. The van der Waals surface area contributed by atoms with E-state index in [0.717, 1.165) is 16.3 Å². The summed E-state index contributed by atoms with van der Waals surface area (Å²) in [7, 11) is 0. The Balaban J connectivity index is 1.51. The standard InChI is InChI=1S/C19H18N4O4S/c1-13-5-4-7-15(11-13)27-10-9-18-21-22-19(28-18)20-17(24)12-14-6-2-3-8-16(14)23(25)26/h2-8,11H,9-10,12H2,1H3,(H,20,22,24). The topological polar surface area (TPSA) is 107 Å². The number of nitro groups is 1. The maximum atomic E-state index is 12.2. The van der Waals surface area contributed by atoms with Gasteiger partial charge >= 0.3 is 0 Å². The highest BCUT2D eigenvalue weighted by atomic mass is 32.1. The quantitative estimate of drug-likeness (QED) is 0.459. The van der Waals surface area contributed by atoms with E-state index in [1.807, 2.05) is 31.2 Å². The third-order valence-electron chi connectivity index (χ3n) is 3.83. The van der Waals surface area contributed by atoms with Gasteiger partial charge in [0.15, 0.2) is 0 Å². The van der Waals surface area contributed by atoms with Gasteiger partial charge in [0.2, 0.25) is 11.0 Å². The molecule has 0 aliphatic carbocycles. The number of carbonyl (C=O) groups is 1. The molecular formula is C19H18N4O4S. The highest BCUT2D eigenvalue weighted by molar-refractivity contribution is 7.15. The van der Waals surface area contributed by atoms with Gasteiger partial charge in [-0.15, -0.1) is 10.2 Å². The van der Waals surface area contributed by atoms with Crippen LogP contribution in [-0.4, -0.2) is 27.6 Å². The molecule has 144 valence electrons. The van der Waals surface area contributed by atoms with E-state index in [1.165, 1.54) is 17.4 Å². The number of nitro benzene ring substituents is 1. The summed E-state index contributed by atoms with van der Waals surface area (Å²) < 4.78 is 5.68. The molecule has 0 aliphatic rings. The second-order valence-corrected chi connectivity index (χ2v) is 7.09. The molecule has 0 radical (unpaired) electrons. The van der Waals surface area contributed by atoms with Gasteiger partial charge in [-0.1, -0.05) is 41.7 Å². The molecular weight excluding hydrogens is 380 g/mol. The van der Waals surface area contributed by atoms with E-state index in [-0.39, 0.29) is 18.0 Å². The first-order valence-corrected chi connectivity index (χ1v) is 9.37. The summed E-state index contributed by atoms with van der Waals surface area (Å²) in [6.07, 6.45) is 0.453. The van der Waals surface area contributed by atoms with Crippen molar-refractivity contribution in [1.82, 2.24) is 10.2 Å². The molecule has 0 bridgehead atoms. The average molecular weight is 398 g/mol. The van der Waals surface area contributed by atoms with Crippen LogP contribution < -0.4 is 10.1 Å². The molecule has 0 spiro atoms. The van der Waals surface area contributed by atoms with Crippen molar-refractivity contribution in [3.63, 3.8) is 0 Å². The van der Waals surface area contributed by atoms with Crippen LogP contribution in [0, 0.1) is 17.0 Å². The lowest BCUT2D eigenvalue weighted by Crippen LogP contribution is -2.15. The van der Waals surface area contributed by atoms with Crippen molar-refractivity contribution in [2.24, 2.45) is 0 Å². The van der Waals surface area contributed by atoms with Crippen molar-refractivity contribution in [2.75, 3.05) is 11.9 Å². The SMILES string of the molecule is Cc1cccc(OCCc2nnc(NC(=O)Cc3ccccc3[N+](=O)[O-])s2)c1. The van der Waals surface area contributed by atoms with Crippen molar-refractivity contribution >= 4 is 28.1 Å². The molecule has 1 amide bonds. The summed E-state index contributed by atoms with van der Waals surface area (Å²) in [5, 5.41) is 22.7. The Labute approximate surface area is 165 Å². The van der Waals surface area contributed by atoms with E-state index < -0.39 is 4.92 Å². The minimum absolute atomic E-state index is 0.0797. The Morgan fingerprint density at radius 2 is 2.04 bits per heavy atom. The van der Waals surface area contributed by atoms with Crippen LogP contribution in [0.25, 0.3) is 0 Å². The van der Waals surface area contributed by atoms with Gasteiger partial charge in [0, 0.05) is 18.1 Å². The summed E-state index contributed by atoms with van der Waals surface area (Å²) in [5.74, 6) is 0.413. The Morgan fingerprint density at radius 3 is 2.82 bits per heavy atom. The van der Waals surface area contributed by atoms with Crippen LogP contribution in [0.4, 0.5) is 10.8 Å². The van der Waals surface area contributed by atoms with Crippen molar-refractivity contribution < 1.29 is 14.5 Å². The molecule has 0 unspecified atom stereocenters. The molecule has 3 rings (SSSR count). The maximum absolute atomic E-state index is 12.2. The molecule has 28 heavy (non-hydrogen) atoms. The van der Waals surface area contributed by atoms with E-state index >= 15 is 0 Å². The molecule has 0 saturated heterocycles. The van der Waals surface area contributed by atoms with Crippen molar-refractivity contribution in [3.8, 4) is 5.75 Å². The van der Waals surface area contributed by atoms with Gasteiger partial charge < -0.3 is 10.1 Å². The largest absolute Gasteiger partial charge is 0.493 e. The van der Waals surface area contributed by atoms with Crippen LogP contribution >= 0.6 is 11.3 Å². The molecule has 9 heteroatoms. The van der Waals surface area contributed by atoms with Crippen molar-refractivity contribution in [2.45, 2.75) is 19.8 Å². The van der Waals surface area contributed by atoms with Crippen LogP contribution in [-0.2, 0) is 17.6 Å². The molecule has 3 aromatic rings. The zero-order chi connectivity index (χ0) is 19.9. The molecule has 0 atom stereocenters. The predicted molar refractivity (Wildman–Crippen MR) is 106 cm³/mol. The van der Waals surface area contributed by atoms with Gasteiger partial charge in [-0.05, 0) is 24.6 Å². The summed E-state index contributed by atoms with van der Waals surface area (Å²) in [6, 6.07) is 13.9. The zero-order valence-electron chi connectivity index (χ0n) is 15.1. The van der Waals surface area contributed by atoms with Gasteiger partial charge in [-0.2, -0.15) is 0 Å². The third-order valence-corrected chi connectivity index (χ3v) is 4.73. The van der Waals surface area contributed by atoms with Gasteiger partial charge in [0.25, 0.3) is 5.69 Å². The molecule has 1 N–H and O–H groups in total. The van der Waals surface area contributed by atoms with Crippen molar-refractivity contribution in [1.29, 1.82) is 0 Å². The van der Waals surface area contributed by atoms with Crippen LogP contribution in [0.5, 0.6) is 5.75 Å². The van der Waals surface area contributed by atoms with Gasteiger partial charge in [0.05, 0.1) is 18.0 Å². The number of hydrogen-bond acceptors (Lipinski definition) is 7. The molecule has 0 saturated carbocycles. The van der Waals surface area contributed by atoms with Gasteiger partial charge in [0.1, 0.15) is 10.8 Å². The highest BCUT2D eigenvalue weighted by Gasteiger charge is 2.16. The predicted octanol–water partition coefficient (Wildman–Crippen LogP) is 3.56. The average Bonchev–Trinajstić information content (AvgIpc) is 3.09. The third kappa shape index (κ3) is 5.34. The van der Waals surface area contributed by atoms with Crippen molar-refractivity contribution in [3.05, 3.63) is 74.8 Å². The number of carbonyl (C=O) groups excluding carboxylic acids is 1. The fourth-order valence-corrected chi connectivity index (χ4v) is 3.28. The van der Waals surface area contributed by atoms with E-state index in [1.54, 1.807) is 18.2 Å². The lowest BCUT2D eigenvalue weighted by Gasteiger charge is -2.05. The number of anilines is 1. The lowest BCUT2D eigenvalue weighted by molar-refractivity contribution is -0.385. The van der Waals surface area contributed by atoms with Crippen LogP contribution in [0.2, 0.25) is 0 Å². The number of hydrogen-bond donors (Lipinski definition) is 1. The molecule has 2 aromatic carbocycles. The first kappa shape index (κ1) is 19.4.